The minimum Gasteiger partial charge on any atom is -0.481 e. The number of nitrogens with one attached hydrogen (secondary N) is 5. The van der Waals surface area contributed by atoms with Crippen molar-refractivity contribution in [1.29, 1.82) is 0 Å². The second kappa shape index (κ2) is 15.1. The molecule has 15 heteroatoms. The standard InChI is InChI=1S/C22H37N5O10/c1-10(2)16(22(36)37)26-20(34)14(9-28)25-21(35)17(11(3)29)27-19(33)13(6-7-15(30)31)24-18(32)12-5-4-8-23-12/h10-14,16-17,23,28-29H,4-9H2,1-3H3,(H,24,32)(H,25,35)(H,26,34)(H,27,33)(H,30,31)(H,36,37)/t11-,12+,13+,14+,16+,17+/m1/s1. The molecule has 1 saturated heterocycles. The van der Waals surface area contributed by atoms with Crippen LogP contribution in [0.3, 0.4) is 0 Å². The maximum atomic E-state index is 12.9. The molecule has 0 aliphatic carbocycles. The molecule has 0 aromatic rings. The molecule has 6 atom stereocenters. The Morgan fingerprint density at radius 3 is 1.92 bits per heavy atom. The average Bonchev–Trinajstić information content (AvgIpc) is 3.35. The van der Waals surface area contributed by atoms with Crippen molar-refractivity contribution in [2.24, 2.45) is 5.92 Å². The van der Waals surface area contributed by atoms with Crippen LogP contribution in [0.5, 0.6) is 0 Å². The molecule has 1 aliphatic rings. The molecule has 37 heavy (non-hydrogen) atoms. The highest BCUT2D eigenvalue weighted by Gasteiger charge is 2.34. The van der Waals surface area contributed by atoms with Crippen molar-refractivity contribution >= 4 is 35.6 Å². The van der Waals surface area contributed by atoms with Gasteiger partial charge in [0.2, 0.25) is 23.6 Å². The van der Waals surface area contributed by atoms with Crippen LogP contribution in [0.4, 0.5) is 0 Å². The molecule has 0 radical (unpaired) electrons. The van der Waals surface area contributed by atoms with Gasteiger partial charge < -0.3 is 47.0 Å². The molecule has 0 unspecified atom stereocenters. The summed E-state index contributed by atoms with van der Waals surface area (Å²) in [6.07, 6.45) is -0.974. The Morgan fingerprint density at radius 2 is 1.46 bits per heavy atom. The first-order valence-electron chi connectivity index (χ1n) is 12.0. The van der Waals surface area contributed by atoms with Gasteiger partial charge in [0.25, 0.3) is 0 Å². The molecule has 0 aromatic heterocycles. The minimum atomic E-state index is -1.65. The number of aliphatic hydroxyl groups is 2. The number of hydrogen-bond donors (Lipinski definition) is 9. The second-order valence-corrected chi connectivity index (χ2v) is 9.18. The molecule has 4 amide bonds. The highest BCUT2D eigenvalue weighted by atomic mass is 16.4. The summed E-state index contributed by atoms with van der Waals surface area (Å²) in [5, 5.41) is 49.9. The minimum absolute atomic E-state index is 0.290. The van der Waals surface area contributed by atoms with Crippen LogP contribution in [0.25, 0.3) is 0 Å². The van der Waals surface area contributed by atoms with Gasteiger partial charge in [-0.3, -0.25) is 24.0 Å². The summed E-state index contributed by atoms with van der Waals surface area (Å²) in [6, 6.07) is -6.43. The third-order valence-corrected chi connectivity index (χ3v) is 5.77. The van der Waals surface area contributed by atoms with Gasteiger partial charge in [0.15, 0.2) is 0 Å². The second-order valence-electron chi connectivity index (χ2n) is 9.18. The van der Waals surface area contributed by atoms with Gasteiger partial charge in [-0.15, -0.1) is 0 Å². The third-order valence-electron chi connectivity index (χ3n) is 5.77. The first-order chi connectivity index (χ1) is 17.3. The zero-order chi connectivity index (χ0) is 28.3. The average molecular weight is 532 g/mol. The maximum absolute atomic E-state index is 12.9. The Balaban J connectivity index is 2.94. The lowest BCUT2D eigenvalue weighted by Crippen LogP contribution is -2.61. The van der Waals surface area contributed by atoms with Crippen molar-refractivity contribution < 1.29 is 49.2 Å². The fraction of sp³-hybridized carbons (Fsp3) is 0.727. The van der Waals surface area contributed by atoms with Gasteiger partial charge in [0.05, 0.1) is 18.8 Å². The van der Waals surface area contributed by atoms with Crippen LogP contribution in [0.15, 0.2) is 0 Å². The first kappa shape index (κ1) is 31.7. The number of amides is 4. The number of carboxylic acids is 2. The summed E-state index contributed by atoms with van der Waals surface area (Å²) in [6.45, 7) is 3.97. The Bertz CT molecular complexity index is 844. The summed E-state index contributed by atoms with van der Waals surface area (Å²) in [5.74, 6) is -6.56. The number of carboxylic acid groups (broad SMARTS) is 2. The summed E-state index contributed by atoms with van der Waals surface area (Å²) in [5.41, 5.74) is 0. The van der Waals surface area contributed by atoms with E-state index in [4.69, 9.17) is 5.11 Å². The monoisotopic (exact) mass is 531 g/mol. The van der Waals surface area contributed by atoms with E-state index in [1.165, 1.54) is 6.92 Å². The molecule has 1 fully saturated rings. The van der Waals surface area contributed by atoms with Crippen LogP contribution in [0.1, 0.15) is 46.5 Å². The highest BCUT2D eigenvalue weighted by Crippen LogP contribution is 2.08. The van der Waals surface area contributed by atoms with E-state index in [1.807, 2.05) is 0 Å². The molecule has 0 bridgehead atoms. The van der Waals surface area contributed by atoms with Crippen molar-refractivity contribution in [3.63, 3.8) is 0 Å². The van der Waals surface area contributed by atoms with Crippen molar-refractivity contribution in [1.82, 2.24) is 26.6 Å². The molecule has 210 valence electrons. The van der Waals surface area contributed by atoms with Crippen LogP contribution < -0.4 is 26.6 Å². The number of aliphatic carboxylic acids is 2. The number of hydrogen-bond acceptors (Lipinski definition) is 9. The molecule has 9 N–H and O–H groups in total. The molecule has 1 heterocycles. The van der Waals surface area contributed by atoms with Gasteiger partial charge in [0.1, 0.15) is 24.2 Å². The fourth-order valence-electron chi connectivity index (χ4n) is 3.60. The molecule has 0 spiro atoms. The predicted molar refractivity (Wildman–Crippen MR) is 127 cm³/mol. The topological polar surface area (TPSA) is 243 Å². The summed E-state index contributed by atoms with van der Waals surface area (Å²) in [4.78, 5) is 72.9. The normalized spacial score (nSPS) is 19.1. The largest absolute Gasteiger partial charge is 0.481 e. The Kier molecular flexibility index (Phi) is 12.9. The van der Waals surface area contributed by atoms with Crippen LogP contribution in [-0.2, 0) is 28.8 Å². The van der Waals surface area contributed by atoms with E-state index < -0.39 is 90.8 Å². The van der Waals surface area contributed by atoms with Gasteiger partial charge in [-0.25, -0.2) is 4.79 Å². The molecule has 0 saturated carbocycles. The van der Waals surface area contributed by atoms with E-state index in [9.17, 15) is 44.1 Å². The Hall–Kier alpha value is -3.30. The van der Waals surface area contributed by atoms with Crippen molar-refractivity contribution in [2.75, 3.05) is 13.2 Å². The lowest BCUT2D eigenvalue weighted by molar-refractivity contribution is -0.144. The molecule has 15 nitrogen and oxygen atoms in total. The lowest BCUT2D eigenvalue weighted by atomic mass is 10.0. The first-order valence-corrected chi connectivity index (χ1v) is 12.0. The molecule has 1 rings (SSSR count). The van der Waals surface area contributed by atoms with Gasteiger partial charge in [-0.2, -0.15) is 0 Å². The van der Waals surface area contributed by atoms with Crippen molar-refractivity contribution in [3.8, 4) is 0 Å². The van der Waals surface area contributed by atoms with E-state index in [0.717, 1.165) is 6.42 Å². The molecule has 0 aromatic carbocycles. The van der Waals surface area contributed by atoms with E-state index >= 15 is 0 Å². The van der Waals surface area contributed by atoms with Gasteiger partial charge in [-0.1, -0.05) is 13.8 Å². The quantitative estimate of drug-likeness (QED) is 0.101. The van der Waals surface area contributed by atoms with Crippen LogP contribution in [-0.4, -0.2) is 105 Å². The fourth-order valence-corrected chi connectivity index (χ4v) is 3.60. The van der Waals surface area contributed by atoms with Gasteiger partial charge in [0, 0.05) is 6.42 Å². The number of carbonyl (C=O) groups excluding carboxylic acids is 4. The lowest BCUT2D eigenvalue weighted by Gasteiger charge is -2.27. The van der Waals surface area contributed by atoms with Crippen LogP contribution in [0.2, 0.25) is 0 Å². The predicted octanol–water partition coefficient (Wildman–Crippen LogP) is -3.34. The van der Waals surface area contributed by atoms with Crippen LogP contribution in [0, 0.1) is 5.92 Å². The molecule has 1 aliphatic heterocycles. The smallest absolute Gasteiger partial charge is 0.326 e. The van der Waals surface area contributed by atoms with E-state index in [0.29, 0.717) is 13.0 Å². The molecular formula is C22H37N5O10. The van der Waals surface area contributed by atoms with Crippen molar-refractivity contribution in [2.45, 2.75) is 82.8 Å². The van der Waals surface area contributed by atoms with E-state index in [-0.39, 0.29) is 6.42 Å². The summed E-state index contributed by atoms with van der Waals surface area (Å²) >= 11 is 0. The van der Waals surface area contributed by atoms with Gasteiger partial charge >= 0.3 is 11.9 Å². The van der Waals surface area contributed by atoms with E-state index in [1.54, 1.807) is 13.8 Å². The van der Waals surface area contributed by atoms with E-state index in [2.05, 4.69) is 26.6 Å². The summed E-state index contributed by atoms with van der Waals surface area (Å²) < 4.78 is 0. The number of aliphatic hydroxyl groups excluding tert-OH is 2. The maximum Gasteiger partial charge on any atom is 0.326 e. The summed E-state index contributed by atoms with van der Waals surface area (Å²) in [7, 11) is 0. The molecular weight excluding hydrogens is 494 g/mol. The Morgan fingerprint density at radius 1 is 0.865 bits per heavy atom. The SMILES string of the molecule is CC(C)[C@H](NC(=O)[C@H](CO)NC(=O)[C@@H](NC(=O)[C@H](CCC(=O)O)NC(=O)[C@@H]1CCCN1)[C@@H](C)O)C(=O)O. The zero-order valence-electron chi connectivity index (χ0n) is 21.0. The van der Waals surface area contributed by atoms with Crippen LogP contribution >= 0.6 is 0 Å². The highest BCUT2D eigenvalue weighted by molar-refractivity contribution is 5.96. The number of carbonyl (C=O) groups is 6. The van der Waals surface area contributed by atoms with Gasteiger partial charge in [-0.05, 0) is 38.6 Å². The zero-order valence-corrected chi connectivity index (χ0v) is 21.0. The third kappa shape index (κ3) is 10.3. The number of rotatable bonds is 15. The Labute approximate surface area is 213 Å². The van der Waals surface area contributed by atoms with Crippen molar-refractivity contribution in [3.05, 3.63) is 0 Å².